The average Bonchev–Trinajstić information content (AvgIpc) is 3.07. The van der Waals surface area contributed by atoms with Crippen LogP contribution in [0, 0.1) is 0 Å². The lowest BCUT2D eigenvalue weighted by molar-refractivity contribution is 0.0685. The summed E-state index contributed by atoms with van der Waals surface area (Å²) in [5.41, 5.74) is 3.02. The highest BCUT2D eigenvalue weighted by Crippen LogP contribution is 2.47. The molecule has 0 amide bonds. The van der Waals surface area contributed by atoms with Crippen molar-refractivity contribution in [3.63, 3.8) is 0 Å². The molecule has 0 aromatic heterocycles. The number of carboxylic acids is 1. The van der Waals surface area contributed by atoms with Gasteiger partial charge >= 0.3 is 5.97 Å². The third-order valence-corrected chi connectivity index (χ3v) is 4.68. The Morgan fingerprint density at radius 3 is 2.84 bits per heavy atom. The van der Waals surface area contributed by atoms with Crippen molar-refractivity contribution in [2.75, 3.05) is 16.0 Å². The zero-order valence-corrected chi connectivity index (χ0v) is 14.6. The molecule has 25 heavy (non-hydrogen) atoms. The molecular formula is C18H18ClN3O3. The lowest BCUT2D eigenvalue weighted by Gasteiger charge is -2.18. The van der Waals surface area contributed by atoms with Crippen LogP contribution in [-0.4, -0.2) is 23.0 Å². The number of fused-ring (bicyclic) bond motifs is 3. The average molecular weight is 360 g/mol. The van der Waals surface area contributed by atoms with Crippen LogP contribution in [-0.2, 0) is 6.42 Å². The van der Waals surface area contributed by atoms with E-state index in [0.717, 1.165) is 22.6 Å². The standard InChI is InChI=1S/C18H18ClN3O3/c1-18(2)8-10-14-13(7-9(16(23)24)15(10)25-18)21-17(22-14)20-12-6-4-3-5-11(12)19/h3-7,17,20-22H,8H2,1-2H3,(H,23,24). The van der Waals surface area contributed by atoms with Gasteiger partial charge in [-0.1, -0.05) is 23.7 Å². The van der Waals surface area contributed by atoms with Crippen molar-refractivity contribution in [1.82, 2.24) is 0 Å². The van der Waals surface area contributed by atoms with E-state index in [1.165, 1.54) is 0 Å². The second kappa shape index (κ2) is 5.46. The van der Waals surface area contributed by atoms with E-state index in [9.17, 15) is 9.90 Å². The van der Waals surface area contributed by atoms with Crippen molar-refractivity contribution < 1.29 is 14.6 Å². The summed E-state index contributed by atoms with van der Waals surface area (Å²) in [6.07, 6.45) is 0.339. The molecule has 7 heteroatoms. The number of para-hydroxylation sites is 1. The molecule has 0 fully saturated rings. The third kappa shape index (κ3) is 2.72. The van der Waals surface area contributed by atoms with Crippen molar-refractivity contribution in [2.24, 2.45) is 0 Å². The molecule has 4 N–H and O–H groups in total. The second-order valence-corrected chi connectivity index (χ2v) is 7.25. The van der Waals surface area contributed by atoms with Crippen LogP contribution in [0.25, 0.3) is 0 Å². The van der Waals surface area contributed by atoms with E-state index in [2.05, 4.69) is 16.0 Å². The fourth-order valence-corrected chi connectivity index (χ4v) is 3.51. The van der Waals surface area contributed by atoms with Crippen LogP contribution < -0.4 is 20.7 Å². The van der Waals surface area contributed by atoms with Crippen LogP contribution in [0.4, 0.5) is 17.1 Å². The monoisotopic (exact) mass is 359 g/mol. The Morgan fingerprint density at radius 1 is 1.36 bits per heavy atom. The van der Waals surface area contributed by atoms with Crippen molar-refractivity contribution >= 4 is 34.6 Å². The minimum absolute atomic E-state index is 0.173. The molecule has 0 radical (unpaired) electrons. The highest BCUT2D eigenvalue weighted by molar-refractivity contribution is 6.33. The summed E-state index contributed by atoms with van der Waals surface area (Å²) < 4.78 is 5.89. The molecule has 1 unspecified atom stereocenters. The molecule has 2 heterocycles. The fourth-order valence-electron chi connectivity index (χ4n) is 3.32. The van der Waals surface area contributed by atoms with Crippen LogP contribution in [0.5, 0.6) is 5.75 Å². The Morgan fingerprint density at radius 2 is 2.12 bits per heavy atom. The Labute approximate surface area is 150 Å². The fraction of sp³-hybridized carbons (Fsp3) is 0.278. The van der Waals surface area contributed by atoms with E-state index in [4.69, 9.17) is 16.3 Å². The first-order chi connectivity index (χ1) is 11.8. The minimum atomic E-state index is -0.999. The second-order valence-electron chi connectivity index (χ2n) is 6.84. The number of hydrogen-bond acceptors (Lipinski definition) is 5. The van der Waals surface area contributed by atoms with Gasteiger partial charge in [0.25, 0.3) is 0 Å². The van der Waals surface area contributed by atoms with E-state index in [0.29, 0.717) is 17.2 Å². The lowest BCUT2D eigenvalue weighted by Crippen LogP contribution is -2.31. The number of rotatable bonds is 3. The summed E-state index contributed by atoms with van der Waals surface area (Å²) in [5.74, 6) is -0.551. The molecule has 2 aliphatic heterocycles. The van der Waals surface area contributed by atoms with Gasteiger partial charge in [-0.05, 0) is 32.0 Å². The van der Waals surface area contributed by atoms with Gasteiger partial charge < -0.3 is 25.8 Å². The Hall–Kier alpha value is -2.60. The summed E-state index contributed by atoms with van der Waals surface area (Å²) in [7, 11) is 0. The van der Waals surface area contributed by atoms with E-state index < -0.39 is 11.6 Å². The maximum atomic E-state index is 11.6. The molecule has 6 nitrogen and oxygen atoms in total. The van der Waals surface area contributed by atoms with Gasteiger partial charge in [0.1, 0.15) is 16.9 Å². The van der Waals surface area contributed by atoms with Crippen LogP contribution in [0.15, 0.2) is 30.3 Å². The number of hydrogen-bond donors (Lipinski definition) is 4. The number of ether oxygens (including phenoxy) is 1. The van der Waals surface area contributed by atoms with E-state index >= 15 is 0 Å². The van der Waals surface area contributed by atoms with E-state index in [1.54, 1.807) is 6.07 Å². The molecule has 2 aromatic carbocycles. The molecule has 0 saturated heterocycles. The smallest absolute Gasteiger partial charge is 0.339 e. The molecular weight excluding hydrogens is 342 g/mol. The summed E-state index contributed by atoms with van der Waals surface area (Å²) in [4.78, 5) is 11.6. The van der Waals surface area contributed by atoms with E-state index in [-0.39, 0.29) is 11.9 Å². The Kier molecular flexibility index (Phi) is 3.47. The van der Waals surface area contributed by atoms with Crippen molar-refractivity contribution in [2.45, 2.75) is 32.2 Å². The van der Waals surface area contributed by atoms with Crippen LogP contribution >= 0.6 is 11.6 Å². The maximum absolute atomic E-state index is 11.6. The molecule has 0 bridgehead atoms. The summed E-state index contributed by atoms with van der Waals surface area (Å²) in [5, 5.41) is 20.0. The topological polar surface area (TPSA) is 82.6 Å². The largest absolute Gasteiger partial charge is 0.486 e. The van der Waals surface area contributed by atoms with Crippen LogP contribution in [0.3, 0.4) is 0 Å². The highest BCUT2D eigenvalue weighted by atomic mass is 35.5. The van der Waals surface area contributed by atoms with Gasteiger partial charge in [-0.25, -0.2) is 4.79 Å². The summed E-state index contributed by atoms with van der Waals surface area (Å²) in [6.45, 7) is 3.90. The van der Waals surface area contributed by atoms with Gasteiger partial charge in [-0.2, -0.15) is 0 Å². The molecule has 4 rings (SSSR count). The van der Waals surface area contributed by atoms with E-state index in [1.807, 2.05) is 38.1 Å². The summed E-state index contributed by atoms with van der Waals surface area (Å²) in [6, 6.07) is 9.06. The number of halogens is 1. The Balaban J connectivity index is 1.68. The molecule has 0 aliphatic carbocycles. The molecule has 2 aromatic rings. The Bertz CT molecular complexity index is 882. The van der Waals surface area contributed by atoms with Crippen LogP contribution in [0.2, 0.25) is 5.02 Å². The molecule has 0 spiro atoms. The maximum Gasteiger partial charge on any atom is 0.339 e. The van der Waals surface area contributed by atoms with Crippen LogP contribution in [0.1, 0.15) is 29.8 Å². The van der Waals surface area contributed by atoms with Gasteiger partial charge in [-0.3, -0.25) is 0 Å². The SMILES string of the molecule is CC1(C)Cc2c3c(cc(C(=O)O)c2O1)NC(Nc1ccccc1Cl)N3. The number of benzene rings is 2. The third-order valence-electron chi connectivity index (χ3n) is 4.35. The first kappa shape index (κ1) is 15.9. The van der Waals surface area contributed by atoms with Gasteiger partial charge in [0.15, 0.2) is 6.29 Å². The van der Waals surface area contributed by atoms with Crippen molar-refractivity contribution in [1.29, 1.82) is 0 Å². The van der Waals surface area contributed by atoms with Gasteiger partial charge in [-0.15, -0.1) is 0 Å². The van der Waals surface area contributed by atoms with Crippen molar-refractivity contribution in [3.8, 4) is 5.75 Å². The number of anilines is 3. The molecule has 0 saturated carbocycles. The highest BCUT2D eigenvalue weighted by Gasteiger charge is 2.39. The van der Waals surface area contributed by atoms with Crippen molar-refractivity contribution in [3.05, 3.63) is 46.5 Å². The number of aromatic carboxylic acids is 1. The predicted molar refractivity (Wildman–Crippen MR) is 97.9 cm³/mol. The van der Waals surface area contributed by atoms with Gasteiger partial charge in [0, 0.05) is 12.0 Å². The predicted octanol–water partition coefficient (Wildman–Crippen LogP) is 3.98. The first-order valence-electron chi connectivity index (χ1n) is 8.00. The lowest BCUT2D eigenvalue weighted by atomic mass is 9.98. The zero-order chi connectivity index (χ0) is 17.8. The van der Waals surface area contributed by atoms with Gasteiger partial charge in [0.05, 0.1) is 22.1 Å². The summed E-state index contributed by atoms with van der Waals surface area (Å²) >= 11 is 6.20. The first-order valence-corrected chi connectivity index (χ1v) is 8.38. The normalized spacial score (nSPS) is 19.2. The number of nitrogens with one attached hydrogen (secondary N) is 3. The molecule has 130 valence electrons. The minimum Gasteiger partial charge on any atom is -0.486 e. The number of carboxylic acid groups (broad SMARTS) is 1. The quantitative estimate of drug-likeness (QED) is 0.663. The molecule has 1 atom stereocenters. The van der Waals surface area contributed by atoms with Gasteiger partial charge in [0.2, 0.25) is 0 Å². The molecule has 2 aliphatic rings. The number of carbonyl (C=O) groups is 1. The zero-order valence-electron chi connectivity index (χ0n) is 13.8.